The number of aryl methyl sites for hydroxylation is 1. The monoisotopic (exact) mass is 830 g/mol. The van der Waals surface area contributed by atoms with Crippen molar-refractivity contribution < 1.29 is 34.0 Å². The number of hydrogen-bond donors (Lipinski definition) is 4. The van der Waals surface area contributed by atoms with Gasteiger partial charge in [0.1, 0.15) is 11.5 Å². The summed E-state index contributed by atoms with van der Waals surface area (Å²) in [5.74, 6) is 3.06. The lowest BCUT2D eigenvalue weighted by Gasteiger charge is -2.34. The molecule has 17 nitrogen and oxygen atoms in total. The Balaban J connectivity index is 0.000000193. The zero-order valence-electron chi connectivity index (χ0n) is 36.4. The van der Waals surface area contributed by atoms with Gasteiger partial charge in [0.15, 0.2) is 11.6 Å². The number of nitrogens with zero attached hydrogens (tertiary/aromatic N) is 8. The van der Waals surface area contributed by atoms with Crippen molar-refractivity contribution in [2.45, 2.75) is 96.7 Å². The highest BCUT2D eigenvalue weighted by Gasteiger charge is 2.38. The lowest BCUT2D eigenvalue weighted by Crippen LogP contribution is -2.42. The van der Waals surface area contributed by atoms with Crippen LogP contribution in [0.1, 0.15) is 79.7 Å². The third-order valence-corrected chi connectivity index (χ3v) is 12.0. The molecule has 2 fully saturated rings. The largest absolute Gasteiger partial charge is 0.496 e. The number of hydrogen-bond acceptors (Lipinski definition) is 12. The SMILES string of the molecule is CC.CNC(=O)N1CCc2c(c(N(C)c3ccc(N)c(OC)c3)nn2C2CC(O)C2)C1.COC(=O)N1CCc2c(c(N(C)c3ccc(C)c(OC)c3)nn2C2CC(O)C2)C1. The van der Waals surface area contributed by atoms with Crippen LogP contribution < -0.4 is 30.3 Å². The number of ether oxygens (including phenoxy) is 3. The van der Waals surface area contributed by atoms with Gasteiger partial charge in [0.2, 0.25) is 0 Å². The van der Waals surface area contributed by atoms with Crippen LogP contribution in [0.2, 0.25) is 0 Å². The third kappa shape index (κ3) is 8.64. The standard InChI is InChI=1S/C21H28N4O4.C20H28N6O3.C2H6/c1-13-5-6-14(11-19(13)28-3)23(2)20-17-12-24(21(27)29-4)8-7-18(17)25(22-20)15-9-16(26)10-15;1-22-20(28)25-7-6-17-15(11-25)19(23-26(17)13-8-14(27)9-13)24(2)12-4-5-16(21)18(10-12)29-3;1-2/h5-6,11,15-16,26H,7-10,12H2,1-4H3;4-5,10,13-14,27H,6-9,11,21H2,1-3H3,(H,22,28);1-2H3. The summed E-state index contributed by atoms with van der Waals surface area (Å²) in [6.45, 7) is 8.21. The summed E-state index contributed by atoms with van der Waals surface area (Å²) >= 11 is 0. The summed E-state index contributed by atoms with van der Waals surface area (Å²) in [6, 6.07) is 12.0. The molecule has 2 aliphatic heterocycles. The van der Waals surface area contributed by atoms with E-state index in [1.54, 1.807) is 31.1 Å². The van der Waals surface area contributed by atoms with Crippen molar-refractivity contribution in [3.63, 3.8) is 0 Å². The Labute approximate surface area is 352 Å². The van der Waals surface area contributed by atoms with Gasteiger partial charge in [0, 0.05) is 93.1 Å². The fourth-order valence-corrected chi connectivity index (χ4v) is 8.30. The molecule has 4 heterocycles. The molecule has 0 saturated heterocycles. The number of aliphatic hydroxyl groups is 2. The number of anilines is 5. The molecule has 8 rings (SSSR count). The number of nitrogens with two attached hydrogens (primary N) is 1. The number of urea groups is 1. The van der Waals surface area contributed by atoms with Crippen LogP contribution in [-0.4, -0.2) is 119 Å². The minimum Gasteiger partial charge on any atom is -0.496 e. The lowest BCUT2D eigenvalue weighted by molar-refractivity contribution is 0.0414. The first-order chi connectivity index (χ1) is 28.8. The van der Waals surface area contributed by atoms with E-state index < -0.39 is 0 Å². The van der Waals surface area contributed by atoms with Gasteiger partial charge in [-0.3, -0.25) is 9.36 Å². The van der Waals surface area contributed by atoms with Crippen LogP contribution in [0.4, 0.5) is 38.3 Å². The summed E-state index contributed by atoms with van der Waals surface area (Å²) in [4.78, 5) is 31.9. The quantitative estimate of drug-likeness (QED) is 0.165. The third-order valence-electron chi connectivity index (χ3n) is 12.0. The average molecular weight is 831 g/mol. The van der Waals surface area contributed by atoms with E-state index in [9.17, 15) is 19.8 Å². The summed E-state index contributed by atoms with van der Waals surface area (Å²) in [7, 11) is 10.2. The molecule has 4 aromatic rings. The van der Waals surface area contributed by atoms with Crippen LogP contribution in [0.15, 0.2) is 36.4 Å². The van der Waals surface area contributed by atoms with Crippen LogP contribution in [0, 0.1) is 6.92 Å². The van der Waals surface area contributed by atoms with Gasteiger partial charge in [-0.05, 0) is 56.4 Å². The summed E-state index contributed by atoms with van der Waals surface area (Å²) in [5.41, 5.74) is 13.8. The fraction of sp³-hybridized carbons (Fsp3) is 0.535. The highest BCUT2D eigenvalue weighted by Crippen LogP contribution is 2.42. The second-order valence-corrected chi connectivity index (χ2v) is 15.5. The first-order valence-corrected chi connectivity index (χ1v) is 20.8. The number of benzene rings is 2. The number of rotatable bonds is 8. The molecule has 5 N–H and O–H groups in total. The minimum atomic E-state index is -0.326. The second-order valence-electron chi connectivity index (χ2n) is 15.5. The molecule has 0 unspecified atom stereocenters. The molecule has 2 aromatic heterocycles. The van der Waals surface area contributed by atoms with Crippen molar-refractivity contribution in [1.29, 1.82) is 0 Å². The molecule has 2 saturated carbocycles. The van der Waals surface area contributed by atoms with Crippen molar-refractivity contribution in [2.75, 3.05) is 71.1 Å². The van der Waals surface area contributed by atoms with Crippen molar-refractivity contribution in [3.05, 3.63) is 64.5 Å². The molecule has 2 aromatic carbocycles. The molecule has 326 valence electrons. The number of nitrogen functional groups attached to an aromatic ring is 1. The van der Waals surface area contributed by atoms with Crippen molar-refractivity contribution in [3.8, 4) is 11.5 Å². The van der Waals surface area contributed by atoms with Crippen molar-refractivity contribution >= 4 is 40.8 Å². The van der Waals surface area contributed by atoms with E-state index in [-0.39, 0.29) is 36.4 Å². The van der Waals surface area contributed by atoms with Gasteiger partial charge < -0.3 is 55.1 Å². The van der Waals surface area contributed by atoms with Gasteiger partial charge >= 0.3 is 12.1 Å². The molecular weight excluding hydrogens is 769 g/mol. The van der Waals surface area contributed by atoms with Crippen LogP contribution >= 0.6 is 0 Å². The van der Waals surface area contributed by atoms with Crippen molar-refractivity contribution in [2.24, 2.45) is 0 Å². The molecule has 3 amide bonds. The summed E-state index contributed by atoms with van der Waals surface area (Å²) in [5, 5.41) is 32.1. The zero-order valence-corrected chi connectivity index (χ0v) is 36.4. The Morgan fingerprint density at radius 2 is 1.23 bits per heavy atom. The van der Waals surface area contributed by atoms with E-state index in [1.807, 2.05) is 81.1 Å². The van der Waals surface area contributed by atoms with Gasteiger partial charge in [0.25, 0.3) is 0 Å². The van der Waals surface area contributed by atoms with E-state index >= 15 is 0 Å². The number of carbonyl (C=O) groups is 2. The molecule has 0 bridgehead atoms. The maximum absolute atomic E-state index is 12.2. The van der Waals surface area contributed by atoms with E-state index in [4.69, 9.17) is 30.1 Å². The Morgan fingerprint density at radius 3 is 1.70 bits per heavy atom. The van der Waals surface area contributed by atoms with E-state index in [0.29, 0.717) is 50.5 Å². The van der Waals surface area contributed by atoms with Crippen LogP contribution in [0.25, 0.3) is 0 Å². The van der Waals surface area contributed by atoms with E-state index in [0.717, 1.165) is 82.5 Å². The fourth-order valence-electron chi connectivity index (χ4n) is 8.30. The molecule has 60 heavy (non-hydrogen) atoms. The normalized spacial score (nSPS) is 20.1. The van der Waals surface area contributed by atoms with Gasteiger partial charge in [-0.15, -0.1) is 0 Å². The Bertz CT molecular complexity index is 1990. The molecule has 0 radical (unpaired) electrons. The number of fused-ring (bicyclic) bond motifs is 2. The number of aliphatic hydroxyl groups excluding tert-OH is 2. The lowest BCUT2D eigenvalue weighted by atomic mass is 9.89. The minimum absolute atomic E-state index is 0.0924. The summed E-state index contributed by atoms with van der Waals surface area (Å²) < 4.78 is 19.9. The first-order valence-electron chi connectivity index (χ1n) is 20.8. The van der Waals surface area contributed by atoms with Gasteiger partial charge in [-0.25, -0.2) is 9.59 Å². The average Bonchev–Trinajstić information content (AvgIpc) is 3.82. The molecule has 0 atom stereocenters. The van der Waals surface area contributed by atoms with Crippen LogP contribution in [0.3, 0.4) is 0 Å². The zero-order chi connectivity index (χ0) is 43.4. The van der Waals surface area contributed by atoms with Gasteiger partial charge in [-0.2, -0.15) is 10.2 Å². The number of methoxy groups -OCH3 is 3. The Hall–Kier alpha value is -5.68. The van der Waals surface area contributed by atoms with E-state index in [1.165, 1.54) is 7.11 Å². The van der Waals surface area contributed by atoms with Crippen LogP contribution in [0.5, 0.6) is 11.5 Å². The van der Waals surface area contributed by atoms with Gasteiger partial charge in [-0.1, -0.05) is 19.9 Å². The molecule has 2 aliphatic carbocycles. The smallest absolute Gasteiger partial charge is 0.409 e. The predicted molar refractivity (Wildman–Crippen MR) is 231 cm³/mol. The highest BCUT2D eigenvalue weighted by molar-refractivity contribution is 5.75. The predicted octanol–water partition coefficient (Wildman–Crippen LogP) is 5.45. The summed E-state index contributed by atoms with van der Waals surface area (Å²) in [6.07, 6.45) is 3.49. The van der Waals surface area contributed by atoms with E-state index in [2.05, 4.69) is 14.7 Å². The Morgan fingerprint density at radius 1 is 0.767 bits per heavy atom. The van der Waals surface area contributed by atoms with Crippen molar-refractivity contribution in [1.82, 2.24) is 34.7 Å². The first kappa shape index (κ1) is 43.9. The molecule has 4 aliphatic rings. The topological polar surface area (TPSA) is 189 Å². The highest BCUT2D eigenvalue weighted by atomic mass is 16.5. The number of amides is 3. The van der Waals surface area contributed by atoms with Gasteiger partial charge in [0.05, 0.1) is 64.4 Å². The van der Waals surface area contributed by atoms with Crippen LogP contribution in [-0.2, 0) is 30.7 Å². The molecular formula is C43H62N10O7. The Kier molecular flexibility index (Phi) is 13.7. The number of nitrogens with one attached hydrogen (secondary N) is 1. The number of aromatic nitrogens is 4. The second kappa shape index (κ2) is 18.7. The maximum atomic E-state index is 12.2. The number of carbonyl (C=O) groups excluding carboxylic acids is 2. The maximum Gasteiger partial charge on any atom is 0.409 e. The molecule has 17 heteroatoms. The molecule has 0 spiro atoms.